The summed E-state index contributed by atoms with van der Waals surface area (Å²) in [7, 11) is -0.864. The minimum Gasteiger partial charge on any atom is -0.361 e. The number of carbonyl (C=O) groups excluding carboxylic acids is 3. The molecule has 1 aliphatic heterocycles. The average molecular weight is 498 g/mol. The molecule has 1 atom stereocenters. The number of H-pyrrole nitrogens is 1. The second-order valence-corrected chi connectivity index (χ2v) is 10.9. The number of hydrogen-bond donors (Lipinski definition) is 3. The number of anilines is 1. The number of para-hydroxylation sites is 1. The molecule has 2 aromatic carbocycles. The smallest absolute Gasteiger partial charge is 0.325 e. The van der Waals surface area contributed by atoms with Crippen LogP contribution in [0.3, 0.4) is 0 Å². The second kappa shape index (κ2) is 9.16. The maximum atomic E-state index is 12.9. The Balaban J connectivity index is 1.48. The van der Waals surface area contributed by atoms with E-state index in [1.807, 2.05) is 24.3 Å². The summed E-state index contributed by atoms with van der Waals surface area (Å²) < 4.78 is 26.2. The van der Waals surface area contributed by atoms with E-state index in [4.69, 9.17) is 0 Å². The van der Waals surface area contributed by atoms with Gasteiger partial charge in [0.1, 0.15) is 12.6 Å². The Morgan fingerprint density at radius 3 is 2.57 bits per heavy atom. The van der Waals surface area contributed by atoms with Gasteiger partial charge in [0.2, 0.25) is 15.9 Å². The molecule has 4 rings (SSSR count). The van der Waals surface area contributed by atoms with Crippen molar-refractivity contribution in [2.45, 2.75) is 31.2 Å². The Kier molecular flexibility index (Phi) is 6.39. The number of fused-ring (bicyclic) bond motifs is 1. The molecule has 4 amide bonds. The standard InChI is InChI=1S/C24H27N5O5S/c1-14-9-17(35(33,34)28(3)4)11-20(15(14)2)26-22(30)13-29-23(31)21(27-24(29)32)10-16-12-25-19-8-6-5-7-18(16)19/h5-9,11-12,21,25H,10,13H2,1-4H3,(H,26,30)(H,27,32). The fourth-order valence-corrected chi connectivity index (χ4v) is 5.05. The number of rotatable bonds is 7. The number of amides is 4. The molecule has 10 nitrogen and oxygen atoms in total. The molecule has 0 radical (unpaired) electrons. The molecule has 1 aromatic heterocycles. The van der Waals surface area contributed by atoms with E-state index in [2.05, 4.69) is 15.6 Å². The molecule has 184 valence electrons. The van der Waals surface area contributed by atoms with E-state index in [0.717, 1.165) is 25.7 Å². The van der Waals surface area contributed by atoms with Crippen molar-refractivity contribution in [1.29, 1.82) is 0 Å². The molecule has 0 bridgehead atoms. The van der Waals surface area contributed by atoms with Crippen LogP contribution in [0.5, 0.6) is 0 Å². The maximum absolute atomic E-state index is 12.9. The van der Waals surface area contributed by atoms with E-state index in [-0.39, 0.29) is 11.3 Å². The van der Waals surface area contributed by atoms with E-state index in [1.165, 1.54) is 26.2 Å². The van der Waals surface area contributed by atoms with Crippen LogP contribution in [0.4, 0.5) is 10.5 Å². The SMILES string of the molecule is Cc1cc(S(=O)(=O)N(C)C)cc(NC(=O)CN2C(=O)NC(Cc3c[nH]c4ccccc34)C2=O)c1C. The monoisotopic (exact) mass is 497 g/mol. The third-order valence-corrected chi connectivity index (χ3v) is 7.99. The zero-order chi connectivity index (χ0) is 25.5. The molecule has 3 N–H and O–H groups in total. The summed E-state index contributed by atoms with van der Waals surface area (Å²) in [6, 6.07) is 9.14. The summed E-state index contributed by atoms with van der Waals surface area (Å²) >= 11 is 0. The number of nitrogens with one attached hydrogen (secondary N) is 3. The number of aromatic amines is 1. The van der Waals surface area contributed by atoms with E-state index in [1.54, 1.807) is 20.0 Å². The van der Waals surface area contributed by atoms with E-state index < -0.39 is 40.5 Å². The number of benzene rings is 2. The molecule has 1 unspecified atom stereocenters. The van der Waals surface area contributed by atoms with Gasteiger partial charge in [-0.15, -0.1) is 0 Å². The van der Waals surface area contributed by atoms with Crippen molar-refractivity contribution in [2.24, 2.45) is 0 Å². The van der Waals surface area contributed by atoms with E-state index in [9.17, 15) is 22.8 Å². The van der Waals surface area contributed by atoms with Gasteiger partial charge in [-0.2, -0.15) is 0 Å². The Bertz CT molecular complexity index is 1440. The lowest BCUT2D eigenvalue weighted by Gasteiger charge is -2.17. The molecule has 1 aliphatic rings. The first-order valence-corrected chi connectivity index (χ1v) is 12.4. The lowest BCUT2D eigenvalue weighted by Crippen LogP contribution is -2.38. The quantitative estimate of drug-likeness (QED) is 0.431. The number of aryl methyl sites for hydroxylation is 1. The molecule has 0 aliphatic carbocycles. The molecule has 35 heavy (non-hydrogen) atoms. The fourth-order valence-electron chi connectivity index (χ4n) is 4.03. The van der Waals surface area contributed by atoms with Crippen LogP contribution in [0.2, 0.25) is 0 Å². The average Bonchev–Trinajstić information content (AvgIpc) is 3.32. The van der Waals surface area contributed by atoms with Crippen LogP contribution in [0.1, 0.15) is 16.7 Å². The number of aromatic nitrogens is 1. The highest BCUT2D eigenvalue weighted by Crippen LogP contribution is 2.26. The van der Waals surface area contributed by atoms with Gasteiger partial charge in [0.25, 0.3) is 5.91 Å². The Morgan fingerprint density at radius 1 is 1.14 bits per heavy atom. The summed E-state index contributed by atoms with van der Waals surface area (Å²) in [5.74, 6) is -1.10. The van der Waals surface area contributed by atoms with Crippen molar-refractivity contribution in [3.63, 3.8) is 0 Å². The number of hydrogen-bond acceptors (Lipinski definition) is 5. The van der Waals surface area contributed by atoms with E-state index >= 15 is 0 Å². The largest absolute Gasteiger partial charge is 0.361 e. The first kappa shape index (κ1) is 24.4. The van der Waals surface area contributed by atoms with Crippen LogP contribution in [0.25, 0.3) is 10.9 Å². The predicted molar refractivity (Wildman–Crippen MR) is 131 cm³/mol. The highest BCUT2D eigenvalue weighted by Gasteiger charge is 2.39. The lowest BCUT2D eigenvalue weighted by molar-refractivity contribution is -0.130. The van der Waals surface area contributed by atoms with Crippen LogP contribution in [-0.2, 0) is 26.0 Å². The van der Waals surface area contributed by atoms with Gasteiger partial charge in [-0.3, -0.25) is 14.5 Å². The second-order valence-electron chi connectivity index (χ2n) is 8.74. The van der Waals surface area contributed by atoms with Gasteiger partial charge in [0.05, 0.1) is 4.90 Å². The van der Waals surface area contributed by atoms with Crippen LogP contribution < -0.4 is 10.6 Å². The molecular weight excluding hydrogens is 470 g/mol. The van der Waals surface area contributed by atoms with Crippen molar-refractivity contribution >= 4 is 44.5 Å². The number of nitrogens with zero attached hydrogens (tertiary/aromatic N) is 2. The van der Waals surface area contributed by atoms with Gasteiger partial charge in [-0.25, -0.2) is 17.5 Å². The minimum absolute atomic E-state index is 0.0367. The van der Waals surface area contributed by atoms with Crippen LogP contribution in [0.15, 0.2) is 47.5 Å². The number of carbonyl (C=O) groups is 3. The highest BCUT2D eigenvalue weighted by molar-refractivity contribution is 7.89. The molecule has 3 aromatic rings. The zero-order valence-electron chi connectivity index (χ0n) is 19.9. The molecule has 11 heteroatoms. The van der Waals surface area contributed by atoms with Gasteiger partial charge < -0.3 is 15.6 Å². The van der Waals surface area contributed by atoms with Crippen molar-refractivity contribution in [2.75, 3.05) is 26.0 Å². The summed E-state index contributed by atoms with van der Waals surface area (Å²) in [6.07, 6.45) is 2.09. The third-order valence-electron chi connectivity index (χ3n) is 6.20. The van der Waals surface area contributed by atoms with Gasteiger partial charge >= 0.3 is 6.03 Å². The number of sulfonamides is 1. The van der Waals surface area contributed by atoms with Gasteiger partial charge in [0, 0.05) is 43.3 Å². The summed E-state index contributed by atoms with van der Waals surface area (Å²) in [4.78, 5) is 42.2. The predicted octanol–water partition coefficient (Wildman–Crippen LogP) is 2.14. The van der Waals surface area contributed by atoms with Crippen LogP contribution in [-0.4, -0.2) is 67.1 Å². The molecule has 0 spiro atoms. The third kappa shape index (κ3) is 4.64. The van der Waals surface area contributed by atoms with Gasteiger partial charge in [0.15, 0.2) is 0 Å². The fraction of sp³-hybridized carbons (Fsp3) is 0.292. The summed E-state index contributed by atoms with van der Waals surface area (Å²) in [5.41, 5.74) is 3.48. The topological polar surface area (TPSA) is 132 Å². The Labute approximate surface area is 203 Å². The van der Waals surface area contributed by atoms with Gasteiger partial charge in [-0.1, -0.05) is 18.2 Å². The highest BCUT2D eigenvalue weighted by atomic mass is 32.2. The summed E-state index contributed by atoms with van der Waals surface area (Å²) in [6.45, 7) is 3.01. The Morgan fingerprint density at radius 2 is 1.86 bits per heavy atom. The zero-order valence-corrected chi connectivity index (χ0v) is 20.7. The number of imide groups is 1. The molecule has 0 saturated carbocycles. The first-order valence-electron chi connectivity index (χ1n) is 11.0. The van der Waals surface area contributed by atoms with Gasteiger partial charge in [-0.05, 0) is 48.7 Å². The molecule has 1 fully saturated rings. The minimum atomic E-state index is -3.71. The van der Waals surface area contributed by atoms with Crippen LogP contribution in [0, 0.1) is 13.8 Å². The molecule has 1 saturated heterocycles. The first-order chi connectivity index (χ1) is 16.5. The number of urea groups is 1. The van der Waals surface area contributed by atoms with Crippen molar-refractivity contribution in [1.82, 2.24) is 19.5 Å². The van der Waals surface area contributed by atoms with Crippen molar-refractivity contribution in [3.8, 4) is 0 Å². The van der Waals surface area contributed by atoms with Crippen molar-refractivity contribution < 1.29 is 22.8 Å². The van der Waals surface area contributed by atoms with Crippen LogP contribution >= 0.6 is 0 Å². The molecular formula is C24H27N5O5S. The maximum Gasteiger partial charge on any atom is 0.325 e. The normalized spacial score (nSPS) is 16.3. The summed E-state index contributed by atoms with van der Waals surface area (Å²) in [5, 5.41) is 6.26. The van der Waals surface area contributed by atoms with Crippen molar-refractivity contribution in [3.05, 3.63) is 59.3 Å². The lowest BCUT2D eigenvalue weighted by atomic mass is 10.1. The Hall–Kier alpha value is -3.70. The molecule has 2 heterocycles. The van der Waals surface area contributed by atoms with E-state index in [0.29, 0.717) is 16.8 Å².